The number of hydrogen-bond donors (Lipinski definition) is 1. The van der Waals surface area contributed by atoms with Crippen LogP contribution in [0.15, 0.2) is 48.5 Å². The van der Waals surface area contributed by atoms with E-state index in [0.717, 1.165) is 22.4 Å². The van der Waals surface area contributed by atoms with Crippen molar-refractivity contribution in [2.75, 3.05) is 25.2 Å². The van der Waals surface area contributed by atoms with Gasteiger partial charge in [0.2, 0.25) is 14.3 Å². The van der Waals surface area contributed by atoms with Crippen LogP contribution in [0.2, 0.25) is 18.6 Å². The molecule has 2 amide bonds. The molecule has 2 aromatic carbocycles. The van der Waals surface area contributed by atoms with Crippen LogP contribution in [0.5, 0.6) is 5.75 Å². The van der Waals surface area contributed by atoms with Gasteiger partial charge in [0.05, 0.1) is 37.5 Å². The fourth-order valence-corrected chi connectivity index (χ4v) is 9.92. The SMILES string of the molecule is COc1cc2c3c(c1)[C@@]1(O[C@H](CC(=O)N(CCO)Cc4ccccc4)[C@@H]([Si](C)(C)F)[C@@H]1C)C(=O)N3C(C)(C)C=C2C. The molecule has 220 valence electrons. The van der Waals surface area contributed by atoms with Crippen LogP contribution in [0.3, 0.4) is 0 Å². The predicted octanol–water partition coefficient (Wildman–Crippen LogP) is 5.42. The number of anilines is 1. The second-order valence-electron chi connectivity index (χ2n) is 12.7. The molecule has 9 heteroatoms. The number of methoxy groups -OCH3 is 1. The third-order valence-electron chi connectivity index (χ3n) is 9.06. The first-order valence-corrected chi connectivity index (χ1v) is 17.3. The van der Waals surface area contributed by atoms with Crippen molar-refractivity contribution in [3.63, 3.8) is 0 Å². The van der Waals surface area contributed by atoms with Gasteiger partial charge in [-0.25, -0.2) is 0 Å². The van der Waals surface area contributed by atoms with E-state index in [1.165, 1.54) is 0 Å². The van der Waals surface area contributed by atoms with Crippen LogP contribution >= 0.6 is 0 Å². The van der Waals surface area contributed by atoms with Gasteiger partial charge >= 0.3 is 0 Å². The number of nitrogens with zero attached hydrogens (tertiary/aromatic N) is 2. The quantitative estimate of drug-likeness (QED) is 0.333. The second kappa shape index (κ2) is 10.4. The van der Waals surface area contributed by atoms with Crippen molar-refractivity contribution >= 4 is 31.5 Å². The van der Waals surface area contributed by atoms with Crippen molar-refractivity contribution in [1.29, 1.82) is 0 Å². The van der Waals surface area contributed by atoms with Gasteiger partial charge in [0.15, 0.2) is 5.60 Å². The Bertz CT molecular complexity index is 1390. The summed E-state index contributed by atoms with van der Waals surface area (Å²) in [4.78, 5) is 31.7. The standard InChI is InChI=1S/C32H41FN2O5Si/c1-20-18-31(3,4)35-28-24(20)15-23(39-5)16-25(28)32(30(35)38)21(2)29(41(6,7)33)26(40-32)17-27(37)34(13-14-36)19-22-11-9-8-10-12-22/h8-12,15-16,18,21,26,29,36H,13-14,17,19H2,1-7H3/t21-,26+,29-,32+/m0/s1. The molecular formula is C32H41FN2O5Si. The number of allylic oxidation sites excluding steroid dienone is 1. The Hall–Kier alpha value is -3.01. The summed E-state index contributed by atoms with van der Waals surface area (Å²) in [6.45, 7) is 11.4. The molecule has 1 N–H and O–H groups in total. The van der Waals surface area contributed by atoms with Crippen LogP contribution in [-0.2, 0) is 26.5 Å². The van der Waals surface area contributed by atoms with E-state index in [-0.39, 0.29) is 31.4 Å². The fraction of sp³-hybridized carbons (Fsp3) is 0.500. The Morgan fingerprint density at radius 1 is 1.22 bits per heavy atom. The van der Waals surface area contributed by atoms with E-state index in [4.69, 9.17) is 9.47 Å². The second-order valence-corrected chi connectivity index (χ2v) is 16.5. The van der Waals surface area contributed by atoms with Gasteiger partial charge in [-0.1, -0.05) is 43.3 Å². The van der Waals surface area contributed by atoms with Gasteiger partial charge in [0, 0.05) is 35.7 Å². The fourth-order valence-electron chi connectivity index (χ4n) is 7.43. The molecule has 0 aromatic heterocycles. The minimum absolute atomic E-state index is 0.0793. The molecule has 3 aliphatic heterocycles. The van der Waals surface area contributed by atoms with E-state index < -0.39 is 37.1 Å². The molecule has 4 atom stereocenters. The Balaban J connectivity index is 1.58. The van der Waals surface area contributed by atoms with Crippen LogP contribution in [0.4, 0.5) is 9.80 Å². The molecular weight excluding hydrogens is 539 g/mol. The number of amides is 2. The summed E-state index contributed by atoms with van der Waals surface area (Å²) in [5.74, 6) is -0.381. The summed E-state index contributed by atoms with van der Waals surface area (Å²) < 4.78 is 28.7. The van der Waals surface area contributed by atoms with Gasteiger partial charge < -0.3 is 23.6 Å². The molecule has 0 bridgehead atoms. The van der Waals surface area contributed by atoms with E-state index in [2.05, 4.69) is 6.08 Å². The van der Waals surface area contributed by atoms with Crippen LogP contribution in [0, 0.1) is 5.92 Å². The summed E-state index contributed by atoms with van der Waals surface area (Å²) in [5, 5.41) is 9.72. The lowest BCUT2D eigenvalue weighted by Gasteiger charge is -2.39. The molecule has 0 aliphatic carbocycles. The summed E-state index contributed by atoms with van der Waals surface area (Å²) in [5.41, 5.74) is 1.64. The lowest BCUT2D eigenvalue weighted by atomic mass is 9.81. The number of hydrogen-bond acceptors (Lipinski definition) is 5. The number of ether oxygens (including phenoxy) is 2. The summed E-state index contributed by atoms with van der Waals surface area (Å²) in [6, 6.07) is 13.3. The van der Waals surface area contributed by atoms with Crippen LogP contribution in [0.25, 0.3) is 5.57 Å². The molecule has 1 saturated heterocycles. The zero-order valence-electron chi connectivity index (χ0n) is 25.0. The lowest BCUT2D eigenvalue weighted by molar-refractivity contribution is -0.150. The molecule has 41 heavy (non-hydrogen) atoms. The smallest absolute Gasteiger partial charge is 0.265 e. The summed E-state index contributed by atoms with van der Waals surface area (Å²) in [6.07, 6.45) is 1.19. The van der Waals surface area contributed by atoms with Gasteiger partial charge in [-0.3, -0.25) is 14.5 Å². The third kappa shape index (κ3) is 4.72. The van der Waals surface area contributed by atoms with Gasteiger partial charge in [-0.2, -0.15) is 0 Å². The molecule has 0 radical (unpaired) electrons. The molecule has 3 heterocycles. The molecule has 2 aromatic rings. The van der Waals surface area contributed by atoms with Gasteiger partial charge in [0.25, 0.3) is 5.91 Å². The maximum absolute atomic E-state index is 16.2. The molecule has 3 aliphatic rings. The maximum atomic E-state index is 16.2. The van der Waals surface area contributed by atoms with Gasteiger partial charge in [-0.05, 0) is 57.1 Å². The largest absolute Gasteiger partial charge is 0.497 e. The number of aliphatic hydroxyl groups is 1. The van der Waals surface area contributed by atoms with E-state index in [1.54, 1.807) is 30.0 Å². The lowest BCUT2D eigenvalue weighted by Crippen LogP contribution is -2.52. The van der Waals surface area contributed by atoms with Crippen molar-refractivity contribution in [3.8, 4) is 5.75 Å². The maximum Gasteiger partial charge on any atom is 0.265 e. The number of fused-ring (bicyclic) bond motifs is 1. The first-order chi connectivity index (χ1) is 19.3. The van der Waals surface area contributed by atoms with Crippen molar-refractivity contribution in [2.45, 2.75) is 76.5 Å². The first kappa shape index (κ1) is 29.5. The highest BCUT2D eigenvalue weighted by atomic mass is 28.4. The van der Waals surface area contributed by atoms with E-state index >= 15 is 4.11 Å². The normalized spacial score (nSPS) is 26.3. The Morgan fingerprint density at radius 2 is 1.90 bits per heavy atom. The first-order valence-electron chi connectivity index (χ1n) is 14.3. The van der Waals surface area contributed by atoms with E-state index in [9.17, 15) is 14.7 Å². The number of halogens is 1. The monoisotopic (exact) mass is 580 g/mol. The van der Waals surface area contributed by atoms with Crippen LogP contribution in [-0.4, -0.2) is 62.1 Å². The molecule has 1 spiro atoms. The minimum Gasteiger partial charge on any atom is -0.497 e. The highest BCUT2D eigenvalue weighted by Gasteiger charge is 2.69. The Labute approximate surface area is 243 Å². The molecule has 5 rings (SSSR count). The average molecular weight is 581 g/mol. The number of aliphatic hydroxyl groups excluding tert-OH is 1. The minimum atomic E-state index is -3.45. The number of carbonyl (C=O) groups is 2. The average Bonchev–Trinajstić information content (AvgIpc) is 3.34. The Morgan fingerprint density at radius 3 is 2.51 bits per heavy atom. The van der Waals surface area contributed by atoms with E-state index in [1.807, 2.05) is 70.2 Å². The Kier molecular flexibility index (Phi) is 7.45. The van der Waals surface area contributed by atoms with Crippen molar-refractivity contribution < 1.29 is 28.3 Å². The van der Waals surface area contributed by atoms with Crippen molar-refractivity contribution in [1.82, 2.24) is 4.90 Å². The van der Waals surface area contributed by atoms with Crippen LogP contribution in [0.1, 0.15) is 50.8 Å². The highest BCUT2D eigenvalue weighted by molar-refractivity contribution is 6.72. The third-order valence-corrected chi connectivity index (χ3v) is 11.5. The molecule has 0 unspecified atom stereocenters. The van der Waals surface area contributed by atoms with Gasteiger partial charge in [0.1, 0.15) is 5.75 Å². The molecule has 1 fully saturated rings. The van der Waals surface area contributed by atoms with Crippen molar-refractivity contribution in [3.05, 3.63) is 65.2 Å². The number of carbonyl (C=O) groups excluding carboxylic acids is 2. The number of benzene rings is 2. The highest BCUT2D eigenvalue weighted by Crippen LogP contribution is 2.63. The number of rotatable bonds is 8. The molecule has 0 saturated carbocycles. The predicted molar refractivity (Wildman–Crippen MR) is 160 cm³/mol. The van der Waals surface area contributed by atoms with Gasteiger partial charge in [-0.15, -0.1) is 0 Å². The van der Waals surface area contributed by atoms with E-state index in [0.29, 0.717) is 17.9 Å². The van der Waals surface area contributed by atoms with Crippen molar-refractivity contribution in [2.24, 2.45) is 5.92 Å². The molecule has 7 nitrogen and oxygen atoms in total. The topological polar surface area (TPSA) is 79.3 Å². The summed E-state index contributed by atoms with van der Waals surface area (Å²) in [7, 11) is -1.86. The zero-order valence-corrected chi connectivity index (χ0v) is 26.0. The van der Waals surface area contributed by atoms with Crippen LogP contribution < -0.4 is 9.64 Å². The summed E-state index contributed by atoms with van der Waals surface area (Å²) >= 11 is 0. The zero-order chi connectivity index (χ0) is 29.9.